The molecule has 22 heavy (non-hydrogen) atoms. The molecule has 0 aromatic heterocycles. The Hall–Kier alpha value is -0.420. The first-order chi connectivity index (χ1) is 10.7. The number of hydrogen-bond donors (Lipinski definition) is 1. The molecule has 0 spiro atoms. The number of nitrogens with zero attached hydrogens (tertiary/aromatic N) is 2. The summed E-state index contributed by atoms with van der Waals surface area (Å²) in [5.41, 5.74) is 2.93. The highest BCUT2D eigenvalue weighted by Crippen LogP contribution is 2.24. The molecule has 124 valence electrons. The number of rotatable bonds is 8. The molecule has 1 N–H and O–H groups in total. The highest BCUT2D eigenvalue weighted by atomic mass is 79.9. The number of aryl methyl sites for hydroxylation is 2. The maximum Gasteiger partial charge on any atom is 0.0239 e. The summed E-state index contributed by atoms with van der Waals surface area (Å²) < 4.78 is 1.34. The minimum absolute atomic E-state index is 1.14. The van der Waals surface area contributed by atoms with Crippen molar-refractivity contribution in [2.24, 2.45) is 0 Å². The average Bonchev–Trinajstić information content (AvgIpc) is 2.51. The van der Waals surface area contributed by atoms with Crippen LogP contribution in [0.1, 0.15) is 24.0 Å². The molecule has 0 aliphatic carbocycles. The molecule has 2 rings (SSSR count). The summed E-state index contributed by atoms with van der Waals surface area (Å²) in [7, 11) is 4.28. The van der Waals surface area contributed by atoms with Gasteiger partial charge in [0.15, 0.2) is 0 Å². The summed E-state index contributed by atoms with van der Waals surface area (Å²) in [6.07, 6.45) is 4.80. The second kappa shape index (κ2) is 9.66. The zero-order chi connectivity index (χ0) is 15.8. The predicted octanol–water partition coefficient (Wildman–Crippen LogP) is 2.78. The van der Waals surface area contributed by atoms with E-state index in [1.54, 1.807) is 0 Å². The van der Waals surface area contributed by atoms with Gasteiger partial charge in [0.05, 0.1) is 0 Å². The summed E-state index contributed by atoms with van der Waals surface area (Å²) in [4.78, 5) is 4.83. The molecule has 1 aliphatic rings. The molecule has 1 heterocycles. The predicted molar refractivity (Wildman–Crippen MR) is 98.6 cm³/mol. The van der Waals surface area contributed by atoms with Crippen molar-refractivity contribution < 1.29 is 0 Å². The number of piperazine rings is 1. The summed E-state index contributed by atoms with van der Waals surface area (Å²) in [6.45, 7) is 7.06. The Balaban J connectivity index is 1.80. The van der Waals surface area contributed by atoms with E-state index in [0.29, 0.717) is 0 Å². The van der Waals surface area contributed by atoms with Crippen molar-refractivity contribution in [1.82, 2.24) is 15.1 Å². The standard InChI is InChI=1S/C18H30BrN3/c1-21(2)12-4-8-16-6-3-7-17(18(16)19)9-5-13-22-14-10-20-11-15-22/h3,6-7,20H,4-5,8-15H2,1-2H3. The fourth-order valence-electron chi connectivity index (χ4n) is 3.03. The number of benzene rings is 1. The van der Waals surface area contributed by atoms with Crippen LogP contribution in [0, 0.1) is 0 Å². The summed E-state index contributed by atoms with van der Waals surface area (Å²) >= 11 is 3.84. The Labute approximate surface area is 144 Å². The topological polar surface area (TPSA) is 18.5 Å². The number of hydrogen-bond acceptors (Lipinski definition) is 3. The highest BCUT2D eigenvalue weighted by Gasteiger charge is 2.10. The zero-order valence-electron chi connectivity index (χ0n) is 14.1. The molecule has 3 nitrogen and oxygen atoms in total. The van der Waals surface area contributed by atoms with Gasteiger partial charge in [-0.25, -0.2) is 0 Å². The third-order valence-electron chi connectivity index (χ3n) is 4.34. The molecule has 0 unspecified atom stereocenters. The van der Waals surface area contributed by atoms with E-state index in [1.807, 2.05) is 0 Å². The van der Waals surface area contributed by atoms with Crippen molar-refractivity contribution in [1.29, 1.82) is 0 Å². The lowest BCUT2D eigenvalue weighted by Crippen LogP contribution is -2.43. The van der Waals surface area contributed by atoms with Gasteiger partial charge in [0.25, 0.3) is 0 Å². The third-order valence-corrected chi connectivity index (χ3v) is 5.36. The fraction of sp³-hybridized carbons (Fsp3) is 0.667. The largest absolute Gasteiger partial charge is 0.314 e. The Bertz CT molecular complexity index is 442. The van der Waals surface area contributed by atoms with Crippen molar-refractivity contribution in [3.05, 3.63) is 33.8 Å². The molecule has 1 aliphatic heterocycles. The molecule has 0 amide bonds. The highest BCUT2D eigenvalue weighted by molar-refractivity contribution is 9.10. The van der Waals surface area contributed by atoms with Crippen LogP contribution < -0.4 is 5.32 Å². The maximum atomic E-state index is 3.84. The van der Waals surface area contributed by atoms with Gasteiger partial charge in [0.2, 0.25) is 0 Å². The van der Waals surface area contributed by atoms with Crippen LogP contribution in [0.4, 0.5) is 0 Å². The lowest BCUT2D eigenvalue weighted by Gasteiger charge is -2.27. The Morgan fingerprint density at radius 3 is 2.36 bits per heavy atom. The fourth-order valence-corrected chi connectivity index (χ4v) is 3.69. The second-order valence-electron chi connectivity index (χ2n) is 6.49. The summed E-state index contributed by atoms with van der Waals surface area (Å²) in [6, 6.07) is 6.76. The van der Waals surface area contributed by atoms with Crippen LogP contribution in [-0.2, 0) is 12.8 Å². The van der Waals surface area contributed by atoms with Crippen molar-refractivity contribution >= 4 is 15.9 Å². The molecular formula is C18H30BrN3. The van der Waals surface area contributed by atoms with Crippen LogP contribution in [0.15, 0.2) is 22.7 Å². The van der Waals surface area contributed by atoms with Gasteiger partial charge >= 0.3 is 0 Å². The Morgan fingerprint density at radius 2 is 1.73 bits per heavy atom. The minimum Gasteiger partial charge on any atom is -0.314 e. The van der Waals surface area contributed by atoms with E-state index < -0.39 is 0 Å². The van der Waals surface area contributed by atoms with Crippen LogP contribution >= 0.6 is 15.9 Å². The van der Waals surface area contributed by atoms with Crippen LogP contribution in [0.2, 0.25) is 0 Å². The van der Waals surface area contributed by atoms with Gasteiger partial charge in [-0.1, -0.05) is 34.1 Å². The summed E-state index contributed by atoms with van der Waals surface area (Å²) in [5.74, 6) is 0. The van der Waals surface area contributed by atoms with Gasteiger partial charge in [-0.3, -0.25) is 0 Å². The Morgan fingerprint density at radius 1 is 1.09 bits per heavy atom. The van der Waals surface area contributed by atoms with Gasteiger partial charge in [-0.2, -0.15) is 0 Å². The van der Waals surface area contributed by atoms with Gasteiger partial charge in [-0.05, 0) is 64.0 Å². The zero-order valence-corrected chi connectivity index (χ0v) is 15.7. The smallest absolute Gasteiger partial charge is 0.0239 e. The molecule has 4 heteroatoms. The molecule has 0 bridgehead atoms. The van der Waals surface area contributed by atoms with Crippen LogP contribution in [0.3, 0.4) is 0 Å². The van der Waals surface area contributed by atoms with Gasteiger partial charge in [-0.15, -0.1) is 0 Å². The molecular weight excluding hydrogens is 338 g/mol. The molecule has 1 aromatic carbocycles. The number of halogens is 1. The Kier molecular flexibility index (Phi) is 7.87. The molecule has 0 saturated carbocycles. The van der Waals surface area contributed by atoms with E-state index in [4.69, 9.17) is 0 Å². The van der Waals surface area contributed by atoms with Crippen LogP contribution in [0.5, 0.6) is 0 Å². The quantitative estimate of drug-likeness (QED) is 0.761. The van der Waals surface area contributed by atoms with E-state index in [2.05, 4.69) is 63.3 Å². The van der Waals surface area contributed by atoms with Gasteiger partial charge in [0.1, 0.15) is 0 Å². The normalized spacial score (nSPS) is 16.4. The van der Waals surface area contributed by atoms with Crippen molar-refractivity contribution in [3.63, 3.8) is 0 Å². The first-order valence-electron chi connectivity index (χ1n) is 8.51. The third kappa shape index (κ3) is 5.99. The lowest BCUT2D eigenvalue weighted by molar-refractivity contribution is 0.238. The SMILES string of the molecule is CN(C)CCCc1cccc(CCCN2CCNCC2)c1Br. The number of nitrogens with one attached hydrogen (secondary N) is 1. The van der Waals surface area contributed by atoms with Crippen molar-refractivity contribution in [2.45, 2.75) is 25.7 Å². The molecule has 1 aromatic rings. The lowest BCUT2D eigenvalue weighted by atomic mass is 10.0. The van der Waals surface area contributed by atoms with Crippen LogP contribution in [0.25, 0.3) is 0 Å². The molecule has 0 atom stereocenters. The first-order valence-corrected chi connectivity index (χ1v) is 9.30. The monoisotopic (exact) mass is 367 g/mol. The average molecular weight is 368 g/mol. The van der Waals surface area contributed by atoms with Crippen molar-refractivity contribution in [2.75, 3.05) is 53.4 Å². The van der Waals surface area contributed by atoms with Crippen molar-refractivity contribution in [3.8, 4) is 0 Å². The van der Waals surface area contributed by atoms with E-state index in [-0.39, 0.29) is 0 Å². The molecule has 1 saturated heterocycles. The molecule has 1 fully saturated rings. The minimum atomic E-state index is 1.14. The van der Waals surface area contributed by atoms with E-state index in [9.17, 15) is 0 Å². The molecule has 0 radical (unpaired) electrons. The van der Waals surface area contributed by atoms with E-state index in [0.717, 1.165) is 26.1 Å². The van der Waals surface area contributed by atoms with Gasteiger partial charge in [0, 0.05) is 30.7 Å². The first kappa shape index (κ1) is 17.9. The van der Waals surface area contributed by atoms with Crippen LogP contribution in [-0.4, -0.2) is 63.2 Å². The maximum absolute atomic E-state index is 3.84. The second-order valence-corrected chi connectivity index (χ2v) is 7.29. The van der Waals surface area contributed by atoms with E-state index in [1.165, 1.54) is 54.5 Å². The van der Waals surface area contributed by atoms with Gasteiger partial charge < -0.3 is 15.1 Å². The van der Waals surface area contributed by atoms with E-state index >= 15 is 0 Å². The summed E-state index contributed by atoms with van der Waals surface area (Å²) in [5, 5.41) is 3.41.